The van der Waals surface area contributed by atoms with E-state index < -0.39 is 0 Å². The zero-order valence-corrected chi connectivity index (χ0v) is 14.8. The molecule has 0 bridgehead atoms. The van der Waals surface area contributed by atoms with Crippen LogP contribution in [0.2, 0.25) is 0 Å². The Morgan fingerprint density at radius 3 is 2.38 bits per heavy atom. The van der Waals surface area contributed by atoms with Crippen molar-refractivity contribution in [2.45, 2.75) is 0 Å². The molecule has 2 aromatic carbocycles. The number of ether oxygens (including phenoxy) is 2. The normalized spacial score (nSPS) is 10.1. The molecule has 6 nitrogen and oxygen atoms in total. The summed E-state index contributed by atoms with van der Waals surface area (Å²) in [5, 5.41) is 5.47. The number of anilines is 2. The Bertz CT molecular complexity index is 749. The Kier molecular flexibility index (Phi) is 6.34. The molecule has 0 radical (unpaired) electrons. The molecular weight excluding hydrogens is 376 g/mol. The molecular formula is C17H17BrN2O4. The monoisotopic (exact) mass is 392 g/mol. The van der Waals surface area contributed by atoms with Gasteiger partial charge in [-0.3, -0.25) is 9.59 Å². The molecule has 0 aliphatic heterocycles. The van der Waals surface area contributed by atoms with Gasteiger partial charge in [-0.25, -0.2) is 0 Å². The van der Waals surface area contributed by atoms with Gasteiger partial charge in [-0.05, 0) is 52.3 Å². The van der Waals surface area contributed by atoms with Crippen LogP contribution in [0.4, 0.5) is 11.4 Å². The summed E-state index contributed by atoms with van der Waals surface area (Å²) in [6.07, 6.45) is 0. The Hall–Kier alpha value is -2.38. The summed E-state index contributed by atoms with van der Waals surface area (Å²) in [6.45, 7) is -0.0313. The van der Waals surface area contributed by atoms with Crippen LogP contribution in [0.15, 0.2) is 46.9 Å². The van der Waals surface area contributed by atoms with Crippen LogP contribution >= 0.6 is 15.9 Å². The molecule has 2 rings (SSSR count). The minimum absolute atomic E-state index is 0.0313. The minimum Gasteiger partial charge on any atom is -0.496 e. The highest BCUT2D eigenvalue weighted by Gasteiger charge is 2.10. The Morgan fingerprint density at radius 1 is 1.04 bits per heavy atom. The molecule has 0 aliphatic carbocycles. The Morgan fingerprint density at radius 2 is 1.75 bits per heavy atom. The maximum atomic E-state index is 12.3. The van der Waals surface area contributed by atoms with E-state index in [9.17, 15) is 9.59 Å². The Labute approximate surface area is 148 Å². The van der Waals surface area contributed by atoms with Crippen molar-refractivity contribution in [3.05, 3.63) is 52.5 Å². The van der Waals surface area contributed by atoms with Gasteiger partial charge >= 0.3 is 0 Å². The summed E-state index contributed by atoms with van der Waals surface area (Å²) in [5.74, 6) is 0.119. The molecule has 7 heteroatoms. The van der Waals surface area contributed by atoms with Gasteiger partial charge in [0.2, 0.25) is 5.91 Å². The lowest BCUT2D eigenvalue weighted by Crippen LogP contribution is -2.17. The number of nitrogens with one attached hydrogen (secondary N) is 2. The summed E-state index contributed by atoms with van der Waals surface area (Å²) in [5.41, 5.74) is 1.63. The zero-order chi connectivity index (χ0) is 17.5. The molecule has 0 spiro atoms. The van der Waals surface area contributed by atoms with Crippen molar-refractivity contribution in [2.24, 2.45) is 0 Å². The van der Waals surface area contributed by atoms with E-state index in [2.05, 4.69) is 26.6 Å². The number of amides is 2. The highest BCUT2D eigenvalue weighted by Crippen LogP contribution is 2.26. The van der Waals surface area contributed by atoms with Crippen LogP contribution in [0.3, 0.4) is 0 Å². The van der Waals surface area contributed by atoms with Gasteiger partial charge in [0.25, 0.3) is 5.91 Å². The van der Waals surface area contributed by atoms with E-state index in [1.807, 2.05) is 0 Å². The van der Waals surface area contributed by atoms with Crippen molar-refractivity contribution >= 4 is 39.1 Å². The van der Waals surface area contributed by atoms with Crippen LogP contribution in [0, 0.1) is 0 Å². The van der Waals surface area contributed by atoms with Gasteiger partial charge in [0, 0.05) is 24.0 Å². The number of halogens is 1. The number of hydrogen-bond acceptors (Lipinski definition) is 4. The second-order valence-corrected chi connectivity index (χ2v) is 5.72. The second kappa shape index (κ2) is 8.47. The van der Waals surface area contributed by atoms with Gasteiger partial charge in [-0.1, -0.05) is 6.07 Å². The van der Waals surface area contributed by atoms with Crippen LogP contribution in [0.5, 0.6) is 5.75 Å². The van der Waals surface area contributed by atoms with Crippen LogP contribution in [-0.2, 0) is 9.53 Å². The summed E-state index contributed by atoms with van der Waals surface area (Å²) in [6, 6.07) is 11.9. The predicted octanol–water partition coefficient (Wildman–Crippen LogP) is 3.29. The first-order valence-corrected chi connectivity index (χ1v) is 7.86. The van der Waals surface area contributed by atoms with Crippen LogP contribution in [0.25, 0.3) is 0 Å². The van der Waals surface area contributed by atoms with E-state index in [-0.39, 0.29) is 18.4 Å². The number of benzene rings is 2. The Balaban J connectivity index is 2.09. The maximum absolute atomic E-state index is 12.3. The van der Waals surface area contributed by atoms with E-state index in [1.54, 1.807) is 49.6 Å². The molecule has 0 unspecified atom stereocenters. The molecule has 0 atom stereocenters. The first kappa shape index (κ1) is 18.0. The van der Waals surface area contributed by atoms with E-state index in [0.29, 0.717) is 27.2 Å². The fraction of sp³-hybridized carbons (Fsp3) is 0.176. The summed E-state index contributed by atoms with van der Waals surface area (Å²) < 4.78 is 10.6. The minimum atomic E-state index is -0.265. The van der Waals surface area contributed by atoms with Crippen LogP contribution < -0.4 is 15.4 Å². The molecule has 0 aromatic heterocycles. The molecule has 0 fully saturated rings. The van der Waals surface area contributed by atoms with Crippen molar-refractivity contribution in [1.82, 2.24) is 0 Å². The SMILES string of the molecule is COCC(=O)Nc1cccc(NC(=O)c2ccc(OC)c(Br)c2)c1. The van der Waals surface area contributed by atoms with E-state index in [1.165, 1.54) is 7.11 Å². The zero-order valence-electron chi connectivity index (χ0n) is 13.3. The number of rotatable bonds is 6. The van der Waals surface area contributed by atoms with Gasteiger partial charge in [-0.15, -0.1) is 0 Å². The van der Waals surface area contributed by atoms with Gasteiger partial charge in [-0.2, -0.15) is 0 Å². The van der Waals surface area contributed by atoms with Crippen LogP contribution in [0.1, 0.15) is 10.4 Å². The van der Waals surface area contributed by atoms with Crippen molar-refractivity contribution in [3.63, 3.8) is 0 Å². The van der Waals surface area contributed by atoms with Gasteiger partial charge in [0.15, 0.2) is 0 Å². The van der Waals surface area contributed by atoms with Gasteiger partial charge < -0.3 is 20.1 Å². The lowest BCUT2D eigenvalue weighted by Gasteiger charge is -2.10. The first-order chi connectivity index (χ1) is 11.5. The molecule has 24 heavy (non-hydrogen) atoms. The average molecular weight is 393 g/mol. The first-order valence-electron chi connectivity index (χ1n) is 7.07. The molecule has 0 saturated carbocycles. The number of carbonyl (C=O) groups excluding carboxylic acids is 2. The van der Waals surface area contributed by atoms with Crippen molar-refractivity contribution in [1.29, 1.82) is 0 Å². The molecule has 0 aliphatic rings. The quantitative estimate of drug-likeness (QED) is 0.790. The third-order valence-corrected chi connectivity index (χ3v) is 3.71. The lowest BCUT2D eigenvalue weighted by atomic mass is 10.2. The molecule has 126 valence electrons. The molecule has 0 heterocycles. The fourth-order valence-corrected chi connectivity index (χ4v) is 2.55. The predicted molar refractivity (Wildman–Crippen MR) is 95.6 cm³/mol. The third kappa shape index (κ3) is 4.81. The maximum Gasteiger partial charge on any atom is 0.255 e. The standard InChI is InChI=1S/C17H17BrN2O4/c1-23-10-16(21)19-12-4-3-5-13(9-12)20-17(22)11-6-7-15(24-2)14(18)8-11/h3-9H,10H2,1-2H3,(H,19,21)(H,20,22). The fourth-order valence-electron chi connectivity index (χ4n) is 2.01. The number of carbonyl (C=O) groups is 2. The lowest BCUT2D eigenvalue weighted by molar-refractivity contribution is -0.119. The largest absolute Gasteiger partial charge is 0.496 e. The second-order valence-electron chi connectivity index (χ2n) is 4.87. The summed E-state index contributed by atoms with van der Waals surface area (Å²) in [4.78, 5) is 23.8. The van der Waals surface area contributed by atoms with E-state index >= 15 is 0 Å². The van der Waals surface area contributed by atoms with Gasteiger partial charge in [0.1, 0.15) is 12.4 Å². The van der Waals surface area contributed by atoms with Crippen LogP contribution in [-0.4, -0.2) is 32.6 Å². The number of hydrogen-bond donors (Lipinski definition) is 2. The summed E-state index contributed by atoms with van der Waals surface area (Å²) in [7, 11) is 3.01. The molecule has 0 saturated heterocycles. The smallest absolute Gasteiger partial charge is 0.255 e. The third-order valence-electron chi connectivity index (χ3n) is 3.09. The van der Waals surface area contributed by atoms with Crippen molar-refractivity contribution < 1.29 is 19.1 Å². The average Bonchev–Trinajstić information content (AvgIpc) is 2.55. The van der Waals surface area contributed by atoms with E-state index in [4.69, 9.17) is 9.47 Å². The van der Waals surface area contributed by atoms with E-state index in [0.717, 1.165) is 0 Å². The highest BCUT2D eigenvalue weighted by molar-refractivity contribution is 9.10. The highest BCUT2D eigenvalue weighted by atomic mass is 79.9. The summed E-state index contributed by atoms with van der Waals surface area (Å²) >= 11 is 3.35. The van der Waals surface area contributed by atoms with Crippen molar-refractivity contribution in [2.75, 3.05) is 31.5 Å². The number of methoxy groups -OCH3 is 2. The topological polar surface area (TPSA) is 76.7 Å². The molecule has 2 N–H and O–H groups in total. The molecule has 2 amide bonds. The molecule has 2 aromatic rings. The van der Waals surface area contributed by atoms with Crippen molar-refractivity contribution in [3.8, 4) is 5.75 Å². The van der Waals surface area contributed by atoms with Gasteiger partial charge in [0.05, 0.1) is 11.6 Å².